The van der Waals surface area contributed by atoms with Crippen molar-refractivity contribution in [2.45, 2.75) is 51.7 Å². The average molecular weight is 956 g/mol. The van der Waals surface area contributed by atoms with Crippen LogP contribution in [0.2, 0.25) is 15.1 Å². The molecule has 0 spiro atoms. The number of benzene rings is 3. The summed E-state index contributed by atoms with van der Waals surface area (Å²) in [6.45, 7) is 17.5. The zero-order valence-corrected chi connectivity index (χ0v) is 38.8. The number of methoxy groups -OCH3 is 3. The van der Waals surface area contributed by atoms with Gasteiger partial charge in [-0.15, -0.1) is 0 Å². The minimum absolute atomic E-state index is 0.498. The van der Waals surface area contributed by atoms with Gasteiger partial charge in [-0.25, -0.2) is 0 Å². The van der Waals surface area contributed by atoms with Gasteiger partial charge in [0.2, 0.25) is 0 Å². The van der Waals surface area contributed by atoms with Gasteiger partial charge < -0.3 is 40.0 Å². The van der Waals surface area contributed by atoms with E-state index in [0.717, 1.165) is 124 Å². The number of allylic oxidation sites excluding steroid dienone is 2. The molecule has 0 radical (unpaired) electrons. The molecule has 3 aliphatic heterocycles. The Labute approximate surface area is 370 Å². The molecule has 0 aromatic heterocycles. The van der Waals surface area contributed by atoms with Crippen molar-refractivity contribution in [2.75, 3.05) is 96.6 Å². The van der Waals surface area contributed by atoms with E-state index in [2.05, 4.69) is 86.2 Å². The Morgan fingerprint density at radius 2 is 1.26 bits per heavy atom. The lowest BCUT2D eigenvalue weighted by atomic mass is 9.92. The predicted molar refractivity (Wildman–Crippen MR) is 249 cm³/mol. The third-order valence-electron chi connectivity index (χ3n) is 11.3. The molecule has 3 N–H and O–H groups in total. The highest BCUT2D eigenvalue weighted by Gasteiger charge is 2.38. The molecule has 8 rings (SSSR count). The summed E-state index contributed by atoms with van der Waals surface area (Å²) in [5.74, 6) is 5.25. The molecule has 3 heterocycles. The summed E-state index contributed by atoms with van der Waals surface area (Å²) in [5, 5.41) is 12.3. The van der Waals surface area contributed by atoms with Crippen molar-refractivity contribution in [3.8, 4) is 17.2 Å². The van der Waals surface area contributed by atoms with Crippen LogP contribution in [0.15, 0.2) is 66.7 Å². The van der Waals surface area contributed by atoms with Crippen molar-refractivity contribution < 1.29 is 14.2 Å². The summed E-state index contributed by atoms with van der Waals surface area (Å²) in [7, 11) is 5.07. The highest BCUT2D eigenvalue weighted by molar-refractivity contribution is 14.1. The number of piperazine rings is 3. The first kappa shape index (κ1) is 45.9. The van der Waals surface area contributed by atoms with Gasteiger partial charge in [0.05, 0.1) is 36.3 Å². The van der Waals surface area contributed by atoms with Gasteiger partial charge in [0, 0.05) is 98.6 Å². The van der Waals surface area contributed by atoms with Gasteiger partial charge in [0.1, 0.15) is 17.2 Å². The number of halogens is 4. The SMILES string of the molecule is CC1CNCCN1.COc1ccc(Cl)cc1I.COc1ccc(Cl)cc1N1CCN(CC2CC3C=CC2C3)C(C)C1.COc1ccc(Cl)cc1N1CCNC(C)C1. The second kappa shape index (κ2) is 23.0. The molecule has 6 atom stereocenters. The van der Waals surface area contributed by atoms with Crippen LogP contribution in [-0.4, -0.2) is 110 Å². The van der Waals surface area contributed by atoms with Crippen molar-refractivity contribution in [1.82, 2.24) is 20.9 Å². The van der Waals surface area contributed by atoms with Crippen molar-refractivity contribution in [2.24, 2.45) is 17.8 Å². The van der Waals surface area contributed by atoms with E-state index in [1.54, 1.807) is 21.3 Å². The summed E-state index contributed by atoms with van der Waals surface area (Å²) < 4.78 is 17.0. The number of fused-ring (bicyclic) bond motifs is 2. The lowest BCUT2D eigenvalue weighted by Crippen LogP contribution is -2.53. The predicted octanol–water partition coefficient (Wildman–Crippen LogP) is 8.74. The third-order valence-corrected chi connectivity index (χ3v) is 12.9. The first-order valence-corrected chi connectivity index (χ1v) is 22.4. The van der Waals surface area contributed by atoms with Crippen molar-refractivity contribution in [1.29, 1.82) is 0 Å². The molecule has 2 aliphatic carbocycles. The second-order valence-corrected chi connectivity index (χ2v) is 18.1. The Balaban J connectivity index is 0.000000161. The zero-order valence-electron chi connectivity index (χ0n) is 34.4. The van der Waals surface area contributed by atoms with E-state index in [0.29, 0.717) is 18.1 Å². The molecule has 0 amide bonds. The maximum absolute atomic E-state index is 6.21. The molecule has 5 aliphatic rings. The fourth-order valence-electron chi connectivity index (χ4n) is 8.30. The molecule has 4 fully saturated rings. The number of rotatable bonds is 7. The van der Waals surface area contributed by atoms with Crippen LogP contribution < -0.4 is 40.0 Å². The van der Waals surface area contributed by atoms with Gasteiger partial charge in [-0.1, -0.05) is 47.0 Å². The van der Waals surface area contributed by atoms with Gasteiger partial charge in [-0.3, -0.25) is 4.90 Å². The lowest BCUT2D eigenvalue weighted by Gasteiger charge is -2.43. The summed E-state index contributed by atoms with van der Waals surface area (Å²) in [6.07, 6.45) is 7.71. The summed E-state index contributed by atoms with van der Waals surface area (Å²) in [4.78, 5) is 7.42. The van der Waals surface area contributed by atoms with E-state index in [4.69, 9.17) is 49.0 Å². The summed E-state index contributed by atoms with van der Waals surface area (Å²) in [5.41, 5.74) is 2.21. The summed E-state index contributed by atoms with van der Waals surface area (Å²) in [6, 6.07) is 18.9. The molecule has 314 valence electrons. The monoisotopic (exact) mass is 954 g/mol. The van der Waals surface area contributed by atoms with E-state index in [9.17, 15) is 0 Å². The highest BCUT2D eigenvalue weighted by Crippen LogP contribution is 2.44. The van der Waals surface area contributed by atoms with E-state index in [1.807, 2.05) is 54.6 Å². The molecule has 13 heteroatoms. The first-order valence-electron chi connectivity index (χ1n) is 20.2. The van der Waals surface area contributed by atoms with E-state index < -0.39 is 0 Å². The quantitative estimate of drug-likeness (QED) is 0.160. The van der Waals surface area contributed by atoms with Crippen molar-refractivity contribution in [3.63, 3.8) is 0 Å². The molecular weight excluding hydrogens is 894 g/mol. The van der Waals surface area contributed by atoms with Crippen molar-refractivity contribution >= 4 is 68.8 Å². The number of ether oxygens (including phenoxy) is 3. The normalized spacial score (nSPS) is 25.3. The number of hydrogen-bond acceptors (Lipinski definition) is 9. The standard InChI is InChI=1S/C20H27ClN2O.C12H17ClN2O.C7H6ClIO.C5H12N2/c1-14-12-23(19-11-18(21)5-6-20(19)24-2)8-7-22(14)13-17-10-15-3-4-16(17)9-15;1-9-8-15(6-5-14-9)11-7-10(13)3-4-12(11)16-2;1-10-7-3-2-5(8)4-6(7)9;1-5-4-6-2-3-7-5/h3-6,11,14-17H,7-10,12-13H2,1-2H3;3-4,7,9,14H,5-6,8H2,1-2H3;2-4H,1H3;5-7H,2-4H2,1H3. The Bertz CT molecular complexity index is 1730. The molecule has 3 aromatic carbocycles. The molecule has 2 bridgehead atoms. The summed E-state index contributed by atoms with van der Waals surface area (Å²) >= 11 is 20.1. The van der Waals surface area contributed by atoms with Gasteiger partial charge in [0.15, 0.2) is 0 Å². The van der Waals surface area contributed by atoms with Crippen LogP contribution in [0.25, 0.3) is 0 Å². The molecule has 3 saturated heterocycles. The van der Waals surface area contributed by atoms with Crippen LogP contribution in [0.4, 0.5) is 11.4 Å². The van der Waals surface area contributed by atoms with Crippen LogP contribution in [0, 0.1) is 21.3 Å². The number of hydrogen-bond donors (Lipinski definition) is 3. The largest absolute Gasteiger partial charge is 0.496 e. The Morgan fingerprint density at radius 1 is 0.667 bits per heavy atom. The van der Waals surface area contributed by atoms with Crippen LogP contribution in [0.1, 0.15) is 33.6 Å². The minimum atomic E-state index is 0.498. The fourth-order valence-corrected chi connectivity index (χ4v) is 9.73. The topological polar surface area (TPSA) is 73.5 Å². The van der Waals surface area contributed by atoms with Gasteiger partial charge in [-0.2, -0.15) is 0 Å². The fraction of sp³-hybridized carbons (Fsp3) is 0.545. The molecule has 57 heavy (non-hydrogen) atoms. The molecular formula is C44H62Cl3IN6O3. The van der Waals surface area contributed by atoms with Crippen LogP contribution >= 0.6 is 57.4 Å². The molecule has 9 nitrogen and oxygen atoms in total. The van der Waals surface area contributed by atoms with Gasteiger partial charge in [-0.05, 0) is 129 Å². The minimum Gasteiger partial charge on any atom is -0.496 e. The number of nitrogens with zero attached hydrogens (tertiary/aromatic N) is 3. The smallest absolute Gasteiger partial charge is 0.142 e. The third kappa shape index (κ3) is 13.7. The van der Waals surface area contributed by atoms with Gasteiger partial charge in [0.25, 0.3) is 0 Å². The molecule has 3 aromatic rings. The van der Waals surface area contributed by atoms with Gasteiger partial charge >= 0.3 is 0 Å². The maximum Gasteiger partial charge on any atom is 0.142 e. The Morgan fingerprint density at radius 3 is 1.74 bits per heavy atom. The van der Waals surface area contributed by atoms with E-state index in [1.165, 1.54) is 19.4 Å². The van der Waals surface area contributed by atoms with E-state index >= 15 is 0 Å². The second-order valence-electron chi connectivity index (χ2n) is 15.6. The zero-order chi connectivity index (χ0) is 40.9. The lowest BCUT2D eigenvalue weighted by molar-refractivity contribution is 0.151. The Kier molecular flexibility index (Phi) is 18.5. The molecule has 1 saturated carbocycles. The number of nitrogens with one attached hydrogen (secondary N) is 3. The van der Waals surface area contributed by atoms with Crippen LogP contribution in [-0.2, 0) is 0 Å². The van der Waals surface area contributed by atoms with Crippen LogP contribution in [0.5, 0.6) is 17.2 Å². The average Bonchev–Trinajstić information content (AvgIpc) is 3.84. The maximum atomic E-state index is 6.21. The molecule has 6 unspecified atom stereocenters. The first-order chi connectivity index (χ1) is 27.5. The van der Waals surface area contributed by atoms with E-state index in [-0.39, 0.29) is 0 Å². The van der Waals surface area contributed by atoms with Crippen molar-refractivity contribution in [3.05, 3.63) is 85.4 Å². The van der Waals surface area contributed by atoms with Crippen LogP contribution in [0.3, 0.4) is 0 Å². The number of anilines is 2. The highest BCUT2D eigenvalue weighted by atomic mass is 127. The Hall–Kier alpha value is -2.16.